The molecule has 0 amide bonds. The Labute approximate surface area is 172 Å². The normalized spacial score (nSPS) is 11.6. The number of benzene rings is 1. The molecule has 1 aromatic carbocycles. The molecule has 0 unspecified atom stereocenters. The number of H-pyrrole nitrogens is 1. The van der Waals surface area contributed by atoms with E-state index in [9.17, 15) is 0 Å². The molecule has 1 aromatic heterocycles. The molecular formula is C25H42N2O. The fourth-order valence-corrected chi connectivity index (χ4v) is 3.75. The zero-order chi connectivity index (χ0) is 20.0. The van der Waals surface area contributed by atoms with E-state index >= 15 is 0 Å². The lowest BCUT2D eigenvalue weighted by Crippen LogP contribution is -2.14. The largest absolute Gasteiger partial charge is 0.494 e. The van der Waals surface area contributed by atoms with Gasteiger partial charge >= 0.3 is 0 Å². The summed E-state index contributed by atoms with van der Waals surface area (Å²) in [6.45, 7) is 4.18. The SMILES string of the molecule is CCCCCCCCCCCCCOc1ccc2[nH]cc(CCN(C)C)c2c1. The number of aromatic amines is 1. The van der Waals surface area contributed by atoms with E-state index in [0.717, 1.165) is 31.7 Å². The molecule has 0 spiro atoms. The molecule has 0 atom stereocenters. The van der Waals surface area contributed by atoms with Crippen LogP contribution in [0.15, 0.2) is 24.4 Å². The molecule has 2 aromatic rings. The summed E-state index contributed by atoms with van der Waals surface area (Å²) in [5.74, 6) is 1.00. The van der Waals surface area contributed by atoms with Gasteiger partial charge in [0.1, 0.15) is 5.75 Å². The van der Waals surface area contributed by atoms with Gasteiger partial charge in [0.2, 0.25) is 0 Å². The molecular weight excluding hydrogens is 344 g/mol. The second-order valence-electron chi connectivity index (χ2n) is 8.46. The Morgan fingerprint density at radius 3 is 2.14 bits per heavy atom. The van der Waals surface area contributed by atoms with Gasteiger partial charge in [0.25, 0.3) is 0 Å². The second-order valence-corrected chi connectivity index (χ2v) is 8.46. The van der Waals surface area contributed by atoms with E-state index in [1.165, 1.54) is 80.7 Å². The van der Waals surface area contributed by atoms with Crippen LogP contribution in [0.5, 0.6) is 5.75 Å². The number of unbranched alkanes of at least 4 members (excludes halogenated alkanes) is 10. The Morgan fingerprint density at radius 1 is 0.857 bits per heavy atom. The number of nitrogens with one attached hydrogen (secondary N) is 1. The van der Waals surface area contributed by atoms with Gasteiger partial charge in [-0.15, -0.1) is 0 Å². The Kier molecular flexibility index (Phi) is 11.1. The smallest absolute Gasteiger partial charge is 0.120 e. The first-order valence-electron chi connectivity index (χ1n) is 11.6. The van der Waals surface area contributed by atoms with Crippen molar-refractivity contribution in [2.24, 2.45) is 0 Å². The van der Waals surface area contributed by atoms with Gasteiger partial charge in [-0.25, -0.2) is 0 Å². The van der Waals surface area contributed by atoms with E-state index in [4.69, 9.17) is 4.74 Å². The van der Waals surface area contributed by atoms with Crippen molar-refractivity contribution < 1.29 is 4.74 Å². The standard InChI is InChI=1S/C25H42N2O/c1-4-5-6-7-8-9-10-11-12-13-14-19-28-23-15-16-25-24(20-23)22(21-26-25)17-18-27(2)3/h15-16,20-21,26H,4-14,17-19H2,1-3H3. The summed E-state index contributed by atoms with van der Waals surface area (Å²) in [4.78, 5) is 5.61. The summed E-state index contributed by atoms with van der Waals surface area (Å²) in [7, 11) is 4.24. The van der Waals surface area contributed by atoms with Gasteiger partial charge in [-0.1, -0.05) is 71.1 Å². The van der Waals surface area contributed by atoms with Gasteiger partial charge in [-0.3, -0.25) is 0 Å². The molecule has 0 fully saturated rings. The minimum atomic E-state index is 0.833. The fraction of sp³-hybridized carbons (Fsp3) is 0.680. The number of fused-ring (bicyclic) bond motifs is 1. The van der Waals surface area contributed by atoms with E-state index in [2.05, 4.69) is 55.3 Å². The molecule has 0 aliphatic carbocycles. The third-order valence-corrected chi connectivity index (χ3v) is 5.58. The van der Waals surface area contributed by atoms with E-state index in [0.29, 0.717) is 0 Å². The number of hydrogen-bond donors (Lipinski definition) is 1. The number of ether oxygens (including phenoxy) is 1. The maximum Gasteiger partial charge on any atom is 0.120 e. The highest BCUT2D eigenvalue weighted by Crippen LogP contribution is 2.24. The second kappa shape index (κ2) is 13.7. The van der Waals surface area contributed by atoms with E-state index in [-0.39, 0.29) is 0 Å². The van der Waals surface area contributed by atoms with Gasteiger partial charge in [-0.05, 0) is 50.7 Å². The zero-order valence-corrected chi connectivity index (χ0v) is 18.6. The fourth-order valence-electron chi connectivity index (χ4n) is 3.75. The summed E-state index contributed by atoms with van der Waals surface area (Å²) in [6.07, 6.45) is 18.3. The highest BCUT2D eigenvalue weighted by Gasteiger charge is 2.06. The number of rotatable bonds is 16. The monoisotopic (exact) mass is 386 g/mol. The van der Waals surface area contributed by atoms with Gasteiger partial charge in [0, 0.05) is 23.6 Å². The van der Waals surface area contributed by atoms with Crippen LogP contribution >= 0.6 is 0 Å². The maximum atomic E-state index is 6.02. The number of hydrogen-bond acceptors (Lipinski definition) is 2. The zero-order valence-electron chi connectivity index (χ0n) is 18.6. The number of aromatic nitrogens is 1. The Balaban J connectivity index is 1.57. The molecule has 3 heteroatoms. The van der Waals surface area contributed by atoms with Crippen molar-refractivity contribution in [3.63, 3.8) is 0 Å². The summed E-state index contributed by atoms with van der Waals surface area (Å²) in [5, 5.41) is 1.30. The average Bonchev–Trinajstić information content (AvgIpc) is 3.09. The summed E-state index contributed by atoms with van der Waals surface area (Å²) >= 11 is 0. The van der Waals surface area contributed by atoms with Crippen molar-refractivity contribution in [3.8, 4) is 5.75 Å². The van der Waals surface area contributed by atoms with Crippen LogP contribution in [-0.4, -0.2) is 37.1 Å². The van der Waals surface area contributed by atoms with Crippen LogP contribution in [0.25, 0.3) is 10.9 Å². The summed E-state index contributed by atoms with van der Waals surface area (Å²) in [5.41, 5.74) is 2.58. The van der Waals surface area contributed by atoms with E-state index < -0.39 is 0 Å². The van der Waals surface area contributed by atoms with Crippen LogP contribution < -0.4 is 4.74 Å². The van der Waals surface area contributed by atoms with Crippen LogP contribution in [0.1, 0.15) is 83.1 Å². The van der Waals surface area contributed by atoms with Gasteiger partial charge in [0.15, 0.2) is 0 Å². The summed E-state index contributed by atoms with van der Waals surface area (Å²) < 4.78 is 6.02. The molecule has 0 saturated heterocycles. The lowest BCUT2D eigenvalue weighted by atomic mass is 10.1. The third-order valence-electron chi connectivity index (χ3n) is 5.58. The number of likely N-dealkylation sites (N-methyl/N-ethyl adjacent to an activating group) is 1. The van der Waals surface area contributed by atoms with Crippen LogP contribution in [0.2, 0.25) is 0 Å². The average molecular weight is 387 g/mol. The van der Waals surface area contributed by atoms with Crippen LogP contribution in [-0.2, 0) is 6.42 Å². The molecule has 0 bridgehead atoms. The quantitative estimate of drug-likeness (QED) is 0.316. The van der Waals surface area contributed by atoms with Crippen molar-refractivity contribution in [3.05, 3.63) is 30.0 Å². The highest BCUT2D eigenvalue weighted by atomic mass is 16.5. The van der Waals surface area contributed by atoms with Gasteiger partial charge in [-0.2, -0.15) is 0 Å². The van der Waals surface area contributed by atoms with Crippen LogP contribution in [0, 0.1) is 0 Å². The third kappa shape index (κ3) is 8.68. The van der Waals surface area contributed by atoms with Crippen LogP contribution in [0.4, 0.5) is 0 Å². The van der Waals surface area contributed by atoms with Gasteiger partial charge in [0.05, 0.1) is 6.61 Å². The van der Waals surface area contributed by atoms with Gasteiger partial charge < -0.3 is 14.6 Å². The first-order valence-corrected chi connectivity index (χ1v) is 11.6. The number of nitrogens with zero attached hydrogens (tertiary/aromatic N) is 1. The molecule has 0 aliphatic heterocycles. The lowest BCUT2D eigenvalue weighted by molar-refractivity contribution is 0.304. The van der Waals surface area contributed by atoms with Crippen molar-refractivity contribution >= 4 is 10.9 Å². The van der Waals surface area contributed by atoms with E-state index in [1.807, 2.05) is 0 Å². The molecule has 158 valence electrons. The minimum Gasteiger partial charge on any atom is -0.494 e. The van der Waals surface area contributed by atoms with Crippen LogP contribution in [0.3, 0.4) is 0 Å². The molecule has 0 radical (unpaired) electrons. The molecule has 1 N–H and O–H groups in total. The van der Waals surface area contributed by atoms with Crippen molar-refractivity contribution in [1.29, 1.82) is 0 Å². The molecule has 0 saturated carbocycles. The first-order chi connectivity index (χ1) is 13.7. The van der Waals surface area contributed by atoms with Crippen molar-refractivity contribution in [1.82, 2.24) is 9.88 Å². The molecule has 2 rings (SSSR count). The van der Waals surface area contributed by atoms with E-state index in [1.54, 1.807) is 0 Å². The predicted molar refractivity (Wildman–Crippen MR) is 123 cm³/mol. The molecule has 28 heavy (non-hydrogen) atoms. The minimum absolute atomic E-state index is 0.833. The topological polar surface area (TPSA) is 28.3 Å². The Morgan fingerprint density at radius 2 is 1.50 bits per heavy atom. The van der Waals surface area contributed by atoms with Crippen molar-refractivity contribution in [2.75, 3.05) is 27.2 Å². The summed E-state index contributed by atoms with van der Waals surface area (Å²) in [6, 6.07) is 6.44. The molecule has 1 heterocycles. The van der Waals surface area contributed by atoms with Crippen molar-refractivity contribution in [2.45, 2.75) is 84.0 Å². The molecule has 0 aliphatic rings. The Bertz CT molecular complexity index is 647. The lowest BCUT2D eigenvalue weighted by Gasteiger charge is -2.09. The Hall–Kier alpha value is -1.48. The maximum absolute atomic E-state index is 6.02. The highest BCUT2D eigenvalue weighted by molar-refractivity contribution is 5.84. The molecule has 3 nitrogen and oxygen atoms in total. The first kappa shape index (κ1) is 22.8. The predicted octanol–water partition coefficient (Wildman–Crippen LogP) is 6.96.